The number of fused-ring (bicyclic) bond motifs is 9. The van der Waals surface area contributed by atoms with E-state index >= 15 is 0 Å². The van der Waals surface area contributed by atoms with Crippen LogP contribution in [0.5, 0.6) is 0 Å². The van der Waals surface area contributed by atoms with Crippen molar-refractivity contribution < 1.29 is 0 Å². The third-order valence-corrected chi connectivity index (χ3v) is 15.1. The fourth-order valence-corrected chi connectivity index (χ4v) is 12.1. The number of hydrogen-bond donors (Lipinski definition) is 0. The lowest BCUT2D eigenvalue weighted by Crippen LogP contribution is -2.15. The average molecular weight is 812 g/mol. The summed E-state index contributed by atoms with van der Waals surface area (Å²) >= 11 is 1.87. The monoisotopic (exact) mass is 811 g/mol. The first-order chi connectivity index (χ1) is 30.3. The number of rotatable bonds is 6. The molecule has 0 atom stereocenters. The van der Waals surface area contributed by atoms with Crippen molar-refractivity contribution in [3.8, 4) is 55.6 Å². The molecule has 9 aromatic carbocycles. The molecular formula is C60H45NS. The highest BCUT2D eigenvalue weighted by Gasteiger charge is 2.38. The Morgan fingerprint density at radius 1 is 0.339 bits per heavy atom. The van der Waals surface area contributed by atoms with E-state index in [-0.39, 0.29) is 10.8 Å². The molecule has 1 nitrogen and oxygen atoms in total. The van der Waals surface area contributed by atoms with E-state index in [0.29, 0.717) is 0 Å². The van der Waals surface area contributed by atoms with Crippen LogP contribution in [0.1, 0.15) is 49.9 Å². The van der Waals surface area contributed by atoms with Gasteiger partial charge in [-0.05, 0) is 97.6 Å². The number of hydrogen-bond acceptors (Lipinski definition) is 2. The smallest absolute Gasteiger partial charge is 0.0540 e. The predicted octanol–water partition coefficient (Wildman–Crippen LogP) is 17.1. The summed E-state index contributed by atoms with van der Waals surface area (Å²) in [5.41, 5.74) is 21.3. The maximum absolute atomic E-state index is 2.56. The van der Waals surface area contributed by atoms with E-state index < -0.39 is 0 Å². The predicted molar refractivity (Wildman–Crippen MR) is 265 cm³/mol. The maximum Gasteiger partial charge on any atom is 0.0540 e. The van der Waals surface area contributed by atoms with E-state index in [2.05, 4.69) is 233 Å². The van der Waals surface area contributed by atoms with Crippen LogP contribution in [0.25, 0.3) is 75.8 Å². The van der Waals surface area contributed by atoms with Gasteiger partial charge < -0.3 is 4.90 Å². The lowest BCUT2D eigenvalue weighted by Gasteiger charge is -2.32. The molecular weight excluding hydrogens is 767 g/mol. The zero-order valence-corrected chi connectivity index (χ0v) is 36.2. The van der Waals surface area contributed by atoms with Crippen LogP contribution in [0.3, 0.4) is 0 Å². The van der Waals surface area contributed by atoms with Gasteiger partial charge in [-0.1, -0.05) is 191 Å². The van der Waals surface area contributed by atoms with Gasteiger partial charge in [0.2, 0.25) is 0 Å². The van der Waals surface area contributed by atoms with Crippen molar-refractivity contribution in [2.75, 3.05) is 4.90 Å². The second-order valence-corrected chi connectivity index (χ2v) is 19.1. The first-order valence-electron chi connectivity index (χ1n) is 21.8. The van der Waals surface area contributed by atoms with Gasteiger partial charge in [-0.15, -0.1) is 11.3 Å². The molecule has 1 aromatic heterocycles. The SMILES string of the molecule is CC1(C)c2ccccc2-c2cc(-c3ccccc3N(c3ccccc3-c3cccc4c3-c3ccccc3C4(C)C)c3ccccc3-c3cccc4sc5ccccc5c34)ccc21. The second-order valence-electron chi connectivity index (χ2n) is 18.0. The molecule has 10 aromatic rings. The first kappa shape index (κ1) is 36.8. The number of anilines is 3. The molecule has 0 saturated heterocycles. The van der Waals surface area contributed by atoms with E-state index in [0.717, 1.165) is 17.1 Å². The summed E-state index contributed by atoms with van der Waals surface area (Å²) in [4.78, 5) is 2.56. The molecule has 1 heterocycles. The van der Waals surface area contributed by atoms with Crippen molar-refractivity contribution in [3.63, 3.8) is 0 Å². The Morgan fingerprint density at radius 3 is 1.55 bits per heavy atom. The number of thiophene rings is 1. The lowest BCUT2D eigenvalue weighted by molar-refractivity contribution is 0.660. The first-order valence-corrected chi connectivity index (χ1v) is 22.6. The summed E-state index contributed by atoms with van der Waals surface area (Å²) < 4.78 is 2.61. The van der Waals surface area contributed by atoms with Crippen LogP contribution in [0, 0.1) is 0 Å². The molecule has 2 aliphatic carbocycles. The van der Waals surface area contributed by atoms with Gasteiger partial charge in [-0.25, -0.2) is 0 Å². The molecule has 62 heavy (non-hydrogen) atoms. The molecule has 0 spiro atoms. The minimum atomic E-state index is -0.113. The van der Waals surface area contributed by atoms with E-state index in [1.807, 2.05) is 11.3 Å². The molecule has 2 aliphatic rings. The number of benzene rings is 9. The van der Waals surface area contributed by atoms with E-state index in [4.69, 9.17) is 0 Å². The Labute approximate surface area is 368 Å². The number of nitrogens with zero attached hydrogens (tertiary/aromatic N) is 1. The van der Waals surface area contributed by atoms with Crippen LogP contribution in [-0.2, 0) is 10.8 Å². The van der Waals surface area contributed by atoms with Crippen LogP contribution in [-0.4, -0.2) is 0 Å². The quantitative estimate of drug-likeness (QED) is 0.162. The van der Waals surface area contributed by atoms with Crippen LogP contribution in [0.4, 0.5) is 17.1 Å². The van der Waals surface area contributed by atoms with Crippen LogP contribution in [0.2, 0.25) is 0 Å². The maximum atomic E-state index is 2.56. The van der Waals surface area contributed by atoms with Gasteiger partial charge in [-0.3, -0.25) is 0 Å². The van der Waals surface area contributed by atoms with Gasteiger partial charge in [0.25, 0.3) is 0 Å². The average Bonchev–Trinajstić information content (AvgIpc) is 3.89. The molecule has 2 heteroatoms. The van der Waals surface area contributed by atoms with Crippen molar-refractivity contribution in [2.45, 2.75) is 38.5 Å². The molecule has 296 valence electrons. The highest BCUT2D eigenvalue weighted by molar-refractivity contribution is 7.25. The molecule has 0 amide bonds. The normalized spacial score (nSPS) is 14.1. The van der Waals surface area contributed by atoms with Crippen LogP contribution in [0.15, 0.2) is 200 Å². The summed E-state index contributed by atoms with van der Waals surface area (Å²) in [6.07, 6.45) is 0. The zero-order valence-electron chi connectivity index (χ0n) is 35.4. The Balaban J connectivity index is 1.14. The third-order valence-electron chi connectivity index (χ3n) is 13.9. The van der Waals surface area contributed by atoms with Gasteiger partial charge in [0, 0.05) is 47.7 Å². The topological polar surface area (TPSA) is 3.24 Å². The van der Waals surface area contributed by atoms with Crippen molar-refractivity contribution in [1.82, 2.24) is 0 Å². The molecule has 0 saturated carbocycles. The minimum Gasteiger partial charge on any atom is -0.309 e. The molecule has 0 unspecified atom stereocenters. The van der Waals surface area contributed by atoms with Gasteiger partial charge in [0.15, 0.2) is 0 Å². The molecule has 0 N–H and O–H groups in total. The van der Waals surface area contributed by atoms with Crippen molar-refractivity contribution in [1.29, 1.82) is 0 Å². The number of para-hydroxylation sites is 3. The standard InChI is InChI=1S/C60H45NS/c1-59(2)48-27-11-5-20-40(48)47-37-38(35-36-50(47)59)39-19-7-13-30-52(39)61(54-32-15-9-22-42(54)44-26-18-34-56-58(44)46-24-10-16-33-55(46)62-56)53-31-14-8-21-41(53)43-25-17-29-51-57(43)45-23-6-12-28-49(45)60(51,3)4/h5-37H,1-4H3. The zero-order chi connectivity index (χ0) is 41.7. The van der Waals surface area contributed by atoms with Gasteiger partial charge in [-0.2, -0.15) is 0 Å². The molecule has 12 rings (SSSR count). The van der Waals surface area contributed by atoms with E-state index in [1.54, 1.807) is 0 Å². The summed E-state index contributed by atoms with van der Waals surface area (Å²) in [5, 5.41) is 2.61. The minimum absolute atomic E-state index is 0.0656. The molecule has 0 fully saturated rings. The highest BCUT2D eigenvalue weighted by atomic mass is 32.1. The van der Waals surface area contributed by atoms with Crippen molar-refractivity contribution in [3.05, 3.63) is 222 Å². The van der Waals surface area contributed by atoms with Gasteiger partial charge >= 0.3 is 0 Å². The Morgan fingerprint density at radius 2 is 0.806 bits per heavy atom. The Kier molecular flexibility index (Phi) is 8.17. The summed E-state index contributed by atoms with van der Waals surface area (Å²) in [7, 11) is 0. The van der Waals surface area contributed by atoms with Crippen LogP contribution < -0.4 is 4.90 Å². The lowest BCUT2D eigenvalue weighted by atomic mass is 9.82. The van der Waals surface area contributed by atoms with Crippen LogP contribution >= 0.6 is 11.3 Å². The Bertz CT molecular complexity index is 3430. The van der Waals surface area contributed by atoms with Crippen molar-refractivity contribution >= 4 is 48.6 Å². The van der Waals surface area contributed by atoms with Gasteiger partial charge in [0.1, 0.15) is 0 Å². The summed E-state index contributed by atoms with van der Waals surface area (Å²) in [6, 6.07) is 74.9. The molecule has 0 bridgehead atoms. The molecule has 0 radical (unpaired) electrons. The van der Waals surface area contributed by atoms with Gasteiger partial charge in [0.05, 0.1) is 17.1 Å². The largest absolute Gasteiger partial charge is 0.309 e. The van der Waals surface area contributed by atoms with E-state index in [9.17, 15) is 0 Å². The molecule has 0 aliphatic heterocycles. The third kappa shape index (κ3) is 5.33. The van der Waals surface area contributed by atoms with Crippen molar-refractivity contribution in [2.24, 2.45) is 0 Å². The second kappa shape index (κ2) is 13.8. The Hall–Kier alpha value is -7.00. The highest BCUT2D eigenvalue weighted by Crippen LogP contribution is 2.56. The summed E-state index contributed by atoms with van der Waals surface area (Å²) in [6.45, 7) is 9.46. The van der Waals surface area contributed by atoms with E-state index in [1.165, 1.54) is 98.1 Å². The fourth-order valence-electron chi connectivity index (χ4n) is 11.0. The fraction of sp³-hybridized carbons (Fsp3) is 0.100. The summed E-state index contributed by atoms with van der Waals surface area (Å²) in [5.74, 6) is 0.